The van der Waals surface area contributed by atoms with Gasteiger partial charge in [-0.25, -0.2) is 4.57 Å². The monoisotopic (exact) mass is 922 g/mol. The van der Waals surface area contributed by atoms with Crippen LogP contribution in [0.1, 0.15) is 34.6 Å². The summed E-state index contributed by atoms with van der Waals surface area (Å²) in [6.45, 7) is 18.5. The summed E-state index contributed by atoms with van der Waals surface area (Å²) in [5.41, 5.74) is 10.1. The standard InChI is InChI=1S/C22H25N2O5P.C10H16N2O2.C7H8N3O2P.C6H15N/c1-2-24(19-13-15-20(27-23)16-14-19)17-18-26-30(25,28-21-9-5-3-6-10-21)29-22-11-7-4-8-12-22;1-2-12(7-8-13)9-3-5-10(14-11)6-4-9;1-13(11,10-9-8)12-7-5-3-2-4-6-7;1-4-7(5-2)6-3/h3-16H,2,17-18,23H2,1H3;3-6,13H,2,7-8,11H2,1H3;2-6H,1H3;4-6H2,1-3H3. The Morgan fingerprint density at radius 2 is 0.938 bits per heavy atom. The van der Waals surface area contributed by atoms with E-state index in [1.165, 1.54) is 26.3 Å². The van der Waals surface area contributed by atoms with Gasteiger partial charge in [0.2, 0.25) is 0 Å². The molecule has 5 rings (SSSR count). The summed E-state index contributed by atoms with van der Waals surface area (Å²) in [5, 5.41) is 8.84. The predicted octanol–water partition coefficient (Wildman–Crippen LogP) is 10.4. The number of likely N-dealkylation sites (N-methyl/N-ethyl adjacent to an activating group) is 2. The highest BCUT2D eigenvalue weighted by molar-refractivity contribution is 7.57. The molecule has 0 bridgehead atoms. The highest BCUT2D eigenvalue weighted by Crippen LogP contribution is 2.49. The maximum atomic E-state index is 13.3. The molecule has 5 N–H and O–H groups in total. The van der Waals surface area contributed by atoms with Crippen LogP contribution in [0.2, 0.25) is 0 Å². The third-order valence-electron chi connectivity index (χ3n) is 8.90. The van der Waals surface area contributed by atoms with Crippen LogP contribution >= 0.6 is 15.3 Å². The molecule has 64 heavy (non-hydrogen) atoms. The van der Waals surface area contributed by atoms with Crippen molar-refractivity contribution in [3.05, 3.63) is 150 Å². The minimum Gasteiger partial charge on any atom is -0.439 e. The molecular formula is C45H64N8O9P2. The van der Waals surface area contributed by atoms with Crippen molar-refractivity contribution in [3.8, 4) is 28.7 Å². The van der Waals surface area contributed by atoms with Crippen LogP contribution in [0.4, 0.5) is 11.4 Å². The molecule has 17 nitrogen and oxygen atoms in total. The van der Waals surface area contributed by atoms with Gasteiger partial charge in [-0.15, -0.1) is 0 Å². The van der Waals surface area contributed by atoms with Crippen molar-refractivity contribution in [1.82, 2.24) is 4.90 Å². The summed E-state index contributed by atoms with van der Waals surface area (Å²) < 4.78 is 46.5. The molecule has 0 spiro atoms. The number of azide groups is 1. The second-order valence-corrected chi connectivity index (χ2v) is 16.7. The molecule has 0 aliphatic rings. The fraction of sp³-hybridized carbons (Fsp3) is 0.333. The van der Waals surface area contributed by atoms with Crippen LogP contribution in [0.3, 0.4) is 0 Å². The summed E-state index contributed by atoms with van der Waals surface area (Å²) in [7, 11) is -7.10. The zero-order chi connectivity index (χ0) is 47.1. The number of para-hydroxylation sites is 3. The number of anilines is 2. The van der Waals surface area contributed by atoms with E-state index >= 15 is 0 Å². The predicted molar refractivity (Wildman–Crippen MR) is 256 cm³/mol. The fourth-order valence-corrected chi connectivity index (χ4v) is 7.43. The van der Waals surface area contributed by atoms with E-state index in [1.54, 1.807) is 103 Å². The van der Waals surface area contributed by atoms with Crippen LogP contribution < -0.4 is 44.8 Å². The van der Waals surface area contributed by atoms with Gasteiger partial charge in [0.05, 0.1) is 13.2 Å². The largest absolute Gasteiger partial charge is 0.587 e. The number of phosphoric acid groups is 1. The quantitative estimate of drug-likeness (QED) is 0.0193. The Bertz CT molecular complexity index is 2050. The van der Waals surface area contributed by atoms with Gasteiger partial charge in [0, 0.05) is 54.0 Å². The summed E-state index contributed by atoms with van der Waals surface area (Å²) in [6.07, 6.45) is 0. The fourth-order valence-electron chi connectivity index (χ4n) is 5.53. The Labute approximate surface area is 378 Å². The molecule has 0 radical (unpaired) electrons. The molecule has 0 heterocycles. The minimum absolute atomic E-state index is 0.139. The van der Waals surface area contributed by atoms with Crippen molar-refractivity contribution in [1.29, 1.82) is 0 Å². The third-order valence-corrected chi connectivity index (χ3v) is 11.2. The number of hydrogen-bond donors (Lipinski definition) is 3. The van der Waals surface area contributed by atoms with Crippen molar-refractivity contribution in [2.24, 2.45) is 16.7 Å². The highest BCUT2D eigenvalue weighted by Gasteiger charge is 2.31. The maximum absolute atomic E-state index is 13.3. The number of aliphatic hydroxyl groups is 1. The van der Waals surface area contributed by atoms with Gasteiger partial charge in [-0.2, -0.15) is 11.8 Å². The Hall–Kier alpha value is -5.73. The summed E-state index contributed by atoms with van der Waals surface area (Å²) in [4.78, 5) is 21.3. The molecule has 0 fully saturated rings. The van der Waals surface area contributed by atoms with Crippen LogP contribution in [-0.2, 0) is 13.7 Å². The molecule has 0 amide bonds. The Balaban J connectivity index is 0.000000343. The van der Waals surface area contributed by atoms with E-state index in [2.05, 4.69) is 50.1 Å². The lowest BCUT2D eigenvalue weighted by molar-refractivity contribution is 0.213. The Kier molecular flexibility index (Phi) is 26.5. The van der Waals surface area contributed by atoms with Crippen LogP contribution in [0.25, 0.3) is 10.4 Å². The maximum Gasteiger partial charge on any atom is 0.587 e. The first-order chi connectivity index (χ1) is 30.9. The molecule has 5 aromatic carbocycles. The third kappa shape index (κ3) is 21.6. The normalized spacial score (nSPS) is 11.3. The SMILES string of the molecule is CCN(CC)CC.CCN(CCO)c1ccc(ON)cc1.CCN(CCOP(=O)(Oc1ccccc1)Oc1ccccc1)c1ccc(ON)cc1.CP(=O)(N=[N+]=[N-])Oc1ccccc1. The molecular weight excluding hydrogens is 858 g/mol. The Morgan fingerprint density at radius 3 is 1.25 bits per heavy atom. The van der Waals surface area contributed by atoms with Crippen LogP contribution in [-0.4, -0.2) is 75.7 Å². The lowest BCUT2D eigenvalue weighted by atomic mass is 10.2. The second kappa shape index (κ2) is 31.2. The topological polar surface area (TPSA) is 220 Å². The van der Waals surface area contributed by atoms with Gasteiger partial charge in [-0.3, -0.25) is 9.09 Å². The van der Waals surface area contributed by atoms with Crippen molar-refractivity contribution >= 4 is 26.7 Å². The number of rotatable bonds is 22. The van der Waals surface area contributed by atoms with Crippen LogP contribution in [0.15, 0.2) is 144 Å². The van der Waals surface area contributed by atoms with Crippen LogP contribution in [0.5, 0.6) is 28.7 Å². The van der Waals surface area contributed by atoms with E-state index < -0.39 is 15.3 Å². The summed E-state index contributed by atoms with van der Waals surface area (Å²) >= 11 is 0. The molecule has 1 atom stereocenters. The number of nitrogens with two attached hydrogens (primary N) is 2. The highest BCUT2D eigenvalue weighted by atomic mass is 31.2. The van der Waals surface area contributed by atoms with Crippen LogP contribution in [0, 0.1) is 0 Å². The summed E-state index contributed by atoms with van der Waals surface area (Å²) in [5.74, 6) is 12.6. The van der Waals surface area contributed by atoms with E-state index in [-0.39, 0.29) is 13.2 Å². The number of nitrogens with zero attached hydrogens (tertiary/aromatic N) is 6. The van der Waals surface area contributed by atoms with Gasteiger partial charge < -0.3 is 43.1 Å². The lowest BCUT2D eigenvalue weighted by Crippen LogP contribution is -2.27. The van der Waals surface area contributed by atoms with E-state index in [1.807, 2.05) is 50.2 Å². The van der Waals surface area contributed by atoms with E-state index in [9.17, 15) is 9.13 Å². The zero-order valence-electron chi connectivity index (χ0n) is 37.6. The van der Waals surface area contributed by atoms with Gasteiger partial charge in [0.15, 0.2) is 0 Å². The molecule has 0 aromatic heterocycles. The van der Waals surface area contributed by atoms with Crippen molar-refractivity contribution in [2.45, 2.75) is 34.6 Å². The van der Waals surface area contributed by atoms with Gasteiger partial charge in [0.1, 0.15) is 28.7 Å². The first kappa shape index (κ1) is 54.4. The van der Waals surface area contributed by atoms with E-state index in [0.717, 1.165) is 24.5 Å². The van der Waals surface area contributed by atoms with Crippen molar-refractivity contribution < 1.29 is 42.0 Å². The number of benzene rings is 5. The van der Waals surface area contributed by atoms with E-state index in [4.69, 9.17) is 45.4 Å². The Morgan fingerprint density at radius 1 is 0.562 bits per heavy atom. The average Bonchev–Trinajstić information content (AvgIpc) is 3.32. The average molecular weight is 923 g/mol. The molecule has 19 heteroatoms. The second-order valence-electron chi connectivity index (χ2n) is 13.2. The molecule has 0 saturated heterocycles. The smallest absolute Gasteiger partial charge is 0.439 e. The minimum atomic E-state index is -3.90. The van der Waals surface area contributed by atoms with Crippen molar-refractivity contribution in [3.63, 3.8) is 0 Å². The first-order valence-electron chi connectivity index (χ1n) is 20.8. The van der Waals surface area contributed by atoms with Crippen molar-refractivity contribution in [2.75, 3.05) is 75.5 Å². The summed E-state index contributed by atoms with van der Waals surface area (Å²) in [6, 6.07) is 41.0. The molecule has 0 aliphatic heterocycles. The van der Waals surface area contributed by atoms with Gasteiger partial charge in [0.25, 0.3) is 0 Å². The molecule has 0 aliphatic carbocycles. The van der Waals surface area contributed by atoms with Gasteiger partial charge >= 0.3 is 15.3 Å². The first-order valence-corrected chi connectivity index (χ1v) is 24.3. The number of hydrogen-bond acceptors (Lipinski definition) is 14. The number of phosphoric ester groups is 1. The molecule has 348 valence electrons. The lowest BCUT2D eigenvalue weighted by Gasteiger charge is -2.24. The van der Waals surface area contributed by atoms with Gasteiger partial charge in [-0.05, 0) is 124 Å². The zero-order valence-corrected chi connectivity index (χ0v) is 39.4. The number of aliphatic hydroxyl groups excluding tert-OH is 1. The van der Waals surface area contributed by atoms with E-state index in [0.29, 0.717) is 41.8 Å². The van der Waals surface area contributed by atoms with Gasteiger partial charge in [-0.1, -0.05) is 75.4 Å². The molecule has 0 saturated carbocycles. The molecule has 5 aromatic rings. The molecule has 1 unspecified atom stereocenters.